The second-order valence-corrected chi connectivity index (χ2v) is 3.06. The van der Waals surface area contributed by atoms with Crippen LogP contribution < -0.4 is 0 Å². The second kappa shape index (κ2) is 9.89. The van der Waals surface area contributed by atoms with Gasteiger partial charge in [-0.1, -0.05) is 0 Å². The fourth-order valence-electron chi connectivity index (χ4n) is 0.882. The maximum Gasteiger partial charge on any atom is 0.248 e. The number of carbonyl (C=O) groups excluding carboxylic acids is 1. The minimum absolute atomic E-state index is 0.0363. The van der Waals surface area contributed by atoms with Crippen molar-refractivity contribution in [3.05, 3.63) is 0 Å². The summed E-state index contributed by atoms with van der Waals surface area (Å²) in [4.78, 5) is 13.0. The van der Waals surface area contributed by atoms with Gasteiger partial charge < -0.3 is 19.1 Å². The van der Waals surface area contributed by atoms with Gasteiger partial charge in [0.2, 0.25) is 5.91 Å². The lowest BCUT2D eigenvalue weighted by Crippen LogP contribution is -2.33. The fraction of sp³-hybridized carbons (Fsp3) is 0.900. The molecular formula is C10H21NO4. The second-order valence-electron chi connectivity index (χ2n) is 3.06. The Morgan fingerprint density at radius 2 is 1.93 bits per heavy atom. The van der Waals surface area contributed by atoms with Gasteiger partial charge in [-0.15, -0.1) is 0 Å². The van der Waals surface area contributed by atoms with Gasteiger partial charge in [0.15, 0.2) is 0 Å². The summed E-state index contributed by atoms with van der Waals surface area (Å²) in [5.41, 5.74) is 0. The Morgan fingerprint density at radius 1 is 1.20 bits per heavy atom. The molecule has 0 fully saturated rings. The van der Waals surface area contributed by atoms with Crippen LogP contribution in [0.15, 0.2) is 0 Å². The van der Waals surface area contributed by atoms with Crippen LogP contribution in [0.1, 0.15) is 6.92 Å². The molecule has 0 saturated carbocycles. The van der Waals surface area contributed by atoms with E-state index < -0.39 is 0 Å². The van der Waals surface area contributed by atoms with E-state index in [2.05, 4.69) is 0 Å². The Morgan fingerprint density at radius 3 is 2.53 bits per heavy atom. The molecular weight excluding hydrogens is 198 g/mol. The molecule has 0 aromatic carbocycles. The van der Waals surface area contributed by atoms with Crippen LogP contribution in [0.25, 0.3) is 0 Å². The lowest BCUT2D eigenvalue weighted by molar-refractivity contribution is -0.135. The van der Waals surface area contributed by atoms with Gasteiger partial charge in [0.25, 0.3) is 0 Å². The van der Waals surface area contributed by atoms with Gasteiger partial charge in [-0.2, -0.15) is 0 Å². The van der Waals surface area contributed by atoms with Gasteiger partial charge in [0.05, 0.1) is 19.8 Å². The number of ether oxygens (including phenoxy) is 3. The van der Waals surface area contributed by atoms with Crippen molar-refractivity contribution >= 4 is 5.91 Å². The lowest BCUT2D eigenvalue weighted by atomic mass is 10.5. The van der Waals surface area contributed by atoms with Crippen molar-refractivity contribution in [1.29, 1.82) is 0 Å². The molecule has 0 aromatic heterocycles. The average molecular weight is 219 g/mol. The Hall–Kier alpha value is -0.650. The van der Waals surface area contributed by atoms with Gasteiger partial charge >= 0.3 is 0 Å². The molecule has 0 spiro atoms. The molecule has 15 heavy (non-hydrogen) atoms. The predicted molar refractivity (Wildman–Crippen MR) is 56.8 cm³/mol. The third-order valence-corrected chi connectivity index (χ3v) is 1.86. The topological polar surface area (TPSA) is 48.0 Å². The lowest BCUT2D eigenvalue weighted by Gasteiger charge is -2.16. The number of rotatable bonds is 9. The molecule has 0 unspecified atom stereocenters. The summed E-state index contributed by atoms with van der Waals surface area (Å²) in [6.07, 6.45) is 0. The summed E-state index contributed by atoms with van der Waals surface area (Å²) in [5, 5.41) is 0. The third kappa shape index (κ3) is 8.35. The molecule has 0 aromatic rings. The minimum Gasteiger partial charge on any atom is -0.382 e. The van der Waals surface area contributed by atoms with E-state index >= 15 is 0 Å². The molecule has 0 bridgehead atoms. The Labute approximate surface area is 91.3 Å². The van der Waals surface area contributed by atoms with Crippen molar-refractivity contribution in [2.45, 2.75) is 6.92 Å². The first-order valence-corrected chi connectivity index (χ1v) is 5.10. The van der Waals surface area contributed by atoms with Crippen molar-refractivity contribution in [3.8, 4) is 0 Å². The van der Waals surface area contributed by atoms with Crippen LogP contribution in [0, 0.1) is 0 Å². The number of hydrogen-bond donors (Lipinski definition) is 0. The van der Waals surface area contributed by atoms with E-state index in [9.17, 15) is 4.79 Å². The summed E-state index contributed by atoms with van der Waals surface area (Å²) in [6, 6.07) is 0. The van der Waals surface area contributed by atoms with Crippen molar-refractivity contribution in [2.24, 2.45) is 0 Å². The molecule has 0 aliphatic rings. The Balaban J connectivity index is 3.42. The standard InChI is InChI=1S/C10H21NO4/c1-4-14-6-5-11(2)10(12)9-15-8-7-13-3/h4-9H2,1-3H3. The van der Waals surface area contributed by atoms with Crippen LogP contribution >= 0.6 is 0 Å². The predicted octanol–water partition coefficient (Wildman–Crippen LogP) is 0.144. The van der Waals surface area contributed by atoms with E-state index in [1.54, 1.807) is 19.1 Å². The summed E-state index contributed by atoms with van der Waals surface area (Å²) in [6.45, 7) is 4.82. The maximum atomic E-state index is 11.4. The van der Waals surface area contributed by atoms with Gasteiger partial charge in [-0.3, -0.25) is 4.79 Å². The zero-order chi connectivity index (χ0) is 11.5. The molecule has 0 atom stereocenters. The monoisotopic (exact) mass is 219 g/mol. The average Bonchev–Trinajstić information content (AvgIpc) is 2.24. The van der Waals surface area contributed by atoms with Gasteiger partial charge in [-0.25, -0.2) is 0 Å². The van der Waals surface area contributed by atoms with Gasteiger partial charge in [0, 0.05) is 27.3 Å². The quantitative estimate of drug-likeness (QED) is 0.518. The van der Waals surface area contributed by atoms with Gasteiger partial charge in [0.1, 0.15) is 6.61 Å². The molecule has 0 rings (SSSR count). The van der Waals surface area contributed by atoms with Crippen molar-refractivity contribution in [2.75, 3.05) is 53.7 Å². The van der Waals surface area contributed by atoms with Crippen LogP contribution in [-0.2, 0) is 19.0 Å². The highest BCUT2D eigenvalue weighted by Gasteiger charge is 2.07. The van der Waals surface area contributed by atoms with Crippen molar-refractivity contribution < 1.29 is 19.0 Å². The highest BCUT2D eigenvalue weighted by Crippen LogP contribution is 1.87. The fourth-order valence-corrected chi connectivity index (χ4v) is 0.882. The van der Waals surface area contributed by atoms with Crippen LogP contribution in [0.5, 0.6) is 0 Å². The van der Waals surface area contributed by atoms with E-state index in [4.69, 9.17) is 14.2 Å². The van der Waals surface area contributed by atoms with E-state index in [-0.39, 0.29) is 12.5 Å². The van der Waals surface area contributed by atoms with Crippen molar-refractivity contribution in [3.63, 3.8) is 0 Å². The molecule has 0 aliphatic heterocycles. The number of methoxy groups -OCH3 is 1. The molecule has 0 N–H and O–H groups in total. The number of amides is 1. The molecule has 0 heterocycles. The molecule has 0 saturated heterocycles. The summed E-state index contributed by atoms with van der Waals surface area (Å²) < 4.78 is 15.0. The van der Waals surface area contributed by atoms with E-state index in [0.717, 1.165) is 0 Å². The highest BCUT2D eigenvalue weighted by molar-refractivity contribution is 5.77. The van der Waals surface area contributed by atoms with Crippen LogP contribution in [0.2, 0.25) is 0 Å². The summed E-state index contributed by atoms with van der Waals surface area (Å²) in [7, 11) is 3.33. The number of carbonyl (C=O) groups is 1. The summed E-state index contributed by atoms with van der Waals surface area (Å²) >= 11 is 0. The molecule has 90 valence electrons. The first-order chi connectivity index (χ1) is 7.22. The number of nitrogens with zero attached hydrogens (tertiary/aromatic N) is 1. The molecule has 5 heteroatoms. The molecule has 0 radical (unpaired) electrons. The third-order valence-electron chi connectivity index (χ3n) is 1.86. The molecule has 1 amide bonds. The molecule has 0 aliphatic carbocycles. The first-order valence-electron chi connectivity index (χ1n) is 5.10. The smallest absolute Gasteiger partial charge is 0.248 e. The highest BCUT2D eigenvalue weighted by atomic mass is 16.5. The van der Waals surface area contributed by atoms with Crippen molar-refractivity contribution in [1.82, 2.24) is 4.90 Å². The minimum atomic E-state index is -0.0363. The van der Waals surface area contributed by atoms with Gasteiger partial charge in [-0.05, 0) is 6.92 Å². The number of hydrogen-bond acceptors (Lipinski definition) is 4. The first kappa shape index (κ1) is 14.3. The Bertz CT molecular complexity index is 164. The SMILES string of the molecule is CCOCCN(C)C(=O)COCCOC. The summed E-state index contributed by atoms with van der Waals surface area (Å²) in [5.74, 6) is -0.0363. The van der Waals surface area contributed by atoms with E-state index in [1.807, 2.05) is 6.92 Å². The van der Waals surface area contributed by atoms with Crippen LogP contribution in [0.4, 0.5) is 0 Å². The normalized spacial score (nSPS) is 10.3. The maximum absolute atomic E-state index is 11.4. The number of likely N-dealkylation sites (N-methyl/N-ethyl adjacent to an activating group) is 1. The Kier molecular flexibility index (Phi) is 9.46. The zero-order valence-corrected chi connectivity index (χ0v) is 9.82. The largest absolute Gasteiger partial charge is 0.382 e. The van der Waals surface area contributed by atoms with E-state index in [1.165, 1.54) is 0 Å². The van der Waals surface area contributed by atoms with Crippen LogP contribution in [-0.4, -0.2) is 64.5 Å². The zero-order valence-electron chi connectivity index (χ0n) is 9.82. The molecule has 5 nitrogen and oxygen atoms in total. The van der Waals surface area contributed by atoms with E-state index in [0.29, 0.717) is 33.0 Å². The van der Waals surface area contributed by atoms with Crippen LogP contribution in [0.3, 0.4) is 0 Å².